The molecule has 2 aromatic rings. The van der Waals surface area contributed by atoms with Gasteiger partial charge in [-0.25, -0.2) is 0 Å². The zero-order chi connectivity index (χ0) is 13.1. The molecule has 3 nitrogen and oxygen atoms in total. The van der Waals surface area contributed by atoms with Gasteiger partial charge in [0.1, 0.15) is 5.02 Å². The van der Waals surface area contributed by atoms with E-state index in [0.717, 1.165) is 5.56 Å². The molecule has 0 radical (unpaired) electrons. The molecule has 1 aromatic carbocycles. The Hall–Kier alpha value is -1.76. The summed E-state index contributed by atoms with van der Waals surface area (Å²) in [6, 6.07) is 10.6. The van der Waals surface area contributed by atoms with Crippen LogP contribution in [0.5, 0.6) is 0 Å². The highest BCUT2D eigenvalue weighted by Gasteiger charge is 2.07. The SMILES string of the molecule is N#Cc1ccccc1Cn1cc(Cl)cc(Cl)c1=O. The molecular weight excluding hydrogens is 271 g/mol. The summed E-state index contributed by atoms with van der Waals surface area (Å²) in [5.41, 5.74) is 0.953. The fourth-order valence-corrected chi connectivity index (χ4v) is 2.14. The van der Waals surface area contributed by atoms with Gasteiger partial charge in [-0.15, -0.1) is 0 Å². The predicted molar refractivity (Wildman–Crippen MR) is 71.0 cm³/mol. The summed E-state index contributed by atoms with van der Waals surface area (Å²) in [4.78, 5) is 11.8. The van der Waals surface area contributed by atoms with Gasteiger partial charge in [0.25, 0.3) is 5.56 Å². The highest BCUT2D eigenvalue weighted by Crippen LogP contribution is 2.14. The lowest BCUT2D eigenvalue weighted by atomic mass is 10.1. The van der Waals surface area contributed by atoms with Crippen LogP contribution in [0.25, 0.3) is 0 Å². The Morgan fingerprint density at radius 1 is 1.28 bits per heavy atom. The molecule has 0 bridgehead atoms. The molecule has 1 heterocycles. The van der Waals surface area contributed by atoms with Crippen molar-refractivity contribution in [3.05, 3.63) is 68.1 Å². The number of pyridine rings is 1. The van der Waals surface area contributed by atoms with Crippen molar-refractivity contribution in [1.82, 2.24) is 4.57 Å². The average molecular weight is 279 g/mol. The number of hydrogen-bond donors (Lipinski definition) is 0. The van der Waals surface area contributed by atoms with Crippen LogP contribution in [0.3, 0.4) is 0 Å². The van der Waals surface area contributed by atoms with Crippen LogP contribution in [-0.4, -0.2) is 4.57 Å². The van der Waals surface area contributed by atoms with Crippen LogP contribution in [0.15, 0.2) is 41.3 Å². The lowest BCUT2D eigenvalue weighted by Gasteiger charge is -2.08. The van der Waals surface area contributed by atoms with E-state index >= 15 is 0 Å². The van der Waals surface area contributed by atoms with Gasteiger partial charge in [0, 0.05) is 6.20 Å². The number of aromatic nitrogens is 1. The quantitative estimate of drug-likeness (QED) is 0.848. The number of nitrogens with zero attached hydrogens (tertiary/aromatic N) is 2. The van der Waals surface area contributed by atoms with Gasteiger partial charge in [0.15, 0.2) is 0 Å². The molecule has 18 heavy (non-hydrogen) atoms. The molecule has 0 atom stereocenters. The van der Waals surface area contributed by atoms with Crippen molar-refractivity contribution in [2.75, 3.05) is 0 Å². The van der Waals surface area contributed by atoms with Gasteiger partial charge in [-0.3, -0.25) is 4.79 Å². The number of nitriles is 1. The first kappa shape index (κ1) is 12.7. The standard InChI is InChI=1S/C13H8Cl2N2O/c14-11-5-12(15)13(18)17(8-11)7-10-4-2-1-3-9(10)6-16/h1-5,8H,7H2. The van der Waals surface area contributed by atoms with Crippen LogP contribution in [0.4, 0.5) is 0 Å². The van der Waals surface area contributed by atoms with E-state index < -0.39 is 0 Å². The Morgan fingerprint density at radius 2 is 2.00 bits per heavy atom. The molecule has 0 aliphatic heterocycles. The monoisotopic (exact) mass is 278 g/mol. The zero-order valence-corrected chi connectivity index (χ0v) is 10.7. The summed E-state index contributed by atoms with van der Waals surface area (Å²) in [6.45, 7) is 0.267. The summed E-state index contributed by atoms with van der Waals surface area (Å²) >= 11 is 11.6. The molecule has 0 amide bonds. The number of rotatable bonds is 2. The lowest BCUT2D eigenvalue weighted by Crippen LogP contribution is -2.20. The minimum atomic E-state index is -0.325. The predicted octanol–water partition coefficient (Wildman–Crippen LogP) is 3.08. The van der Waals surface area contributed by atoms with E-state index in [1.165, 1.54) is 16.8 Å². The van der Waals surface area contributed by atoms with Crippen molar-refractivity contribution in [3.63, 3.8) is 0 Å². The summed E-state index contributed by atoms with van der Waals surface area (Å²) in [7, 11) is 0. The molecule has 0 N–H and O–H groups in total. The minimum Gasteiger partial charge on any atom is -0.308 e. The van der Waals surface area contributed by atoms with E-state index in [1.807, 2.05) is 6.07 Å². The lowest BCUT2D eigenvalue weighted by molar-refractivity contribution is 0.758. The molecule has 5 heteroatoms. The molecule has 90 valence electrons. The number of hydrogen-bond acceptors (Lipinski definition) is 2. The Balaban J connectivity index is 2.47. The van der Waals surface area contributed by atoms with Crippen molar-refractivity contribution >= 4 is 23.2 Å². The van der Waals surface area contributed by atoms with Gasteiger partial charge in [0.2, 0.25) is 0 Å². The van der Waals surface area contributed by atoms with Crippen molar-refractivity contribution in [2.24, 2.45) is 0 Å². The topological polar surface area (TPSA) is 45.8 Å². The number of halogens is 2. The van der Waals surface area contributed by atoms with Gasteiger partial charge >= 0.3 is 0 Å². The maximum Gasteiger partial charge on any atom is 0.269 e. The van der Waals surface area contributed by atoms with E-state index in [9.17, 15) is 4.79 Å². The molecule has 0 aliphatic rings. The van der Waals surface area contributed by atoms with Crippen LogP contribution < -0.4 is 5.56 Å². The fourth-order valence-electron chi connectivity index (χ4n) is 1.63. The van der Waals surface area contributed by atoms with Gasteiger partial charge in [-0.2, -0.15) is 5.26 Å². The van der Waals surface area contributed by atoms with E-state index in [-0.39, 0.29) is 17.1 Å². The Morgan fingerprint density at radius 3 is 2.72 bits per heavy atom. The van der Waals surface area contributed by atoms with E-state index in [4.69, 9.17) is 28.5 Å². The Labute approximate surface area is 114 Å². The van der Waals surface area contributed by atoms with Crippen molar-refractivity contribution in [2.45, 2.75) is 6.54 Å². The van der Waals surface area contributed by atoms with Gasteiger partial charge in [-0.1, -0.05) is 41.4 Å². The summed E-state index contributed by atoms with van der Waals surface area (Å²) in [5, 5.41) is 9.44. The van der Waals surface area contributed by atoms with E-state index in [0.29, 0.717) is 10.6 Å². The molecule has 2 rings (SSSR count). The van der Waals surface area contributed by atoms with Crippen molar-refractivity contribution in [3.8, 4) is 6.07 Å². The van der Waals surface area contributed by atoms with Gasteiger partial charge in [0.05, 0.1) is 23.2 Å². The van der Waals surface area contributed by atoms with Crippen LogP contribution in [0.1, 0.15) is 11.1 Å². The molecule has 0 spiro atoms. The number of benzene rings is 1. The molecule has 0 unspecified atom stereocenters. The zero-order valence-electron chi connectivity index (χ0n) is 9.23. The maximum atomic E-state index is 11.8. The van der Waals surface area contributed by atoms with Crippen molar-refractivity contribution < 1.29 is 0 Å². The third kappa shape index (κ3) is 2.56. The minimum absolute atomic E-state index is 0.0666. The molecule has 0 fully saturated rings. The van der Waals surface area contributed by atoms with Crippen LogP contribution in [-0.2, 0) is 6.54 Å². The summed E-state index contributed by atoms with van der Waals surface area (Å²) < 4.78 is 1.39. The average Bonchev–Trinajstić information content (AvgIpc) is 2.36. The summed E-state index contributed by atoms with van der Waals surface area (Å²) in [5.74, 6) is 0. The second kappa shape index (κ2) is 5.26. The molecule has 1 aromatic heterocycles. The highest BCUT2D eigenvalue weighted by atomic mass is 35.5. The van der Waals surface area contributed by atoms with E-state index in [2.05, 4.69) is 6.07 Å². The largest absolute Gasteiger partial charge is 0.308 e. The second-order valence-corrected chi connectivity index (χ2v) is 4.55. The fraction of sp³-hybridized carbons (Fsp3) is 0.0769. The highest BCUT2D eigenvalue weighted by molar-refractivity contribution is 6.34. The molecule has 0 aliphatic carbocycles. The first-order valence-corrected chi connectivity index (χ1v) is 5.91. The first-order valence-electron chi connectivity index (χ1n) is 5.15. The van der Waals surface area contributed by atoms with Crippen LogP contribution in [0, 0.1) is 11.3 Å². The second-order valence-electron chi connectivity index (χ2n) is 3.71. The molecular formula is C13H8Cl2N2O. The maximum absolute atomic E-state index is 11.8. The third-order valence-electron chi connectivity index (χ3n) is 2.49. The molecule has 0 saturated heterocycles. The smallest absolute Gasteiger partial charge is 0.269 e. The Bertz CT molecular complexity index is 686. The summed E-state index contributed by atoms with van der Waals surface area (Å²) in [6.07, 6.45) is 1.50. The van der Waals surface area contributed by atoms with Gasteiger partial charge in [-0.05, 0) is 17.7 Å². The third-order valence-corrected chi connectivity index (χ3v) is 2.96. The van der Waals surface area contributed by atoms with Crippen molar-refractivity contribution in [1.29, 1.82) is 5.26 Å². The Kier molecular flexibility index (Phi) is 3.71. The first-order chi connectivity index (χ1) is 8.61. The van der Waals surface area contributed by atoms with Gasteiger partial charge < -0.3 is 4.57 Å². The molecule has 0 saturated carbocycles. The van der Waals surface area contributed by atoms with Crippen LogP contribution in [0.2, 0.25) is 10.0 Å². The van der Waals surface area contributed by atoms with E-state index in [1.54, 1.807) is 18.2 Å². The normalized spacial score (nSPS) is 10.1. The van der Waals surface area contributed by atoms with Crippen LogP contribution >= 0.6 is 23.2 Å².